The number of carboxylic acid groups (broad SMARTS) is 2. The molecule has 1 unspecified atom stereocenters. The first-order valence-corrected chi connectivity index (χ1v) is 14.7. The molecule has 0 saturated heterocycles. The SMILES string of the molecule is COC(=O)C1=C(C)NC(CSCCNCc2ccc([N+](=O)[O-])cc2)=C(C(=O)OC)C1c1ccccc1Cl.O=C(O)C=CC(=O)O. The molecule has 0 spiro atoms. The Balaban J connectivity index is 0.000000777. The Morgan fingerprint density at radius 1 is 1.00 bits per heavy atom. The molecule has 0 aromatic heterocycles. The normalized spacial score (nSPS) is 14.3. The van der Waals surface area contributed by atoms with Gasteiger partial charge in [0.1, 0.15) is 0 Å². The maximum absolute atomic E-state index is 13.0. The predicted octanol–water partition coefficient (Wildman–Crippen LogP) is 4.04. The summed E-state index contributed by atoms with van der Waals surface area (Å²) < 4.78 is 10.1. The summed E-state index contributed by atoms with van der Waals surface area (Å²) in [6, 6.07) is 13.5. The summed E-state index contributed by atoms with van der Waals surface area (Å²) in [5, 5.41) is 33.4. The molecule has 0 aliphatic carbocycles. The van der Waals surface area contributed by atoms with E-state index in [9.17, 15) is 29.3 Å². The molecule has 0 saturated carbocycles. The average Bonchev–Trinajstić information content (AvgIpc) is 3.01. The van der Waals surface area contributed by atoms with Crippen LogP contribution in [0.2, 0.25) is 5.02 Å². The summed E-state index contributed by atoms with van der Waals surface area (Å²) >= 11 is 8.10. The van der Waals surface area contributed by atoms with Crippen LogP contribution in [-0.2, 0) is 35.2 Å². The Kier molecular flexibility index (Phi) is 14.8. The summed E-state index contributed by atoms with van der Waals surface area (Å²) in [6.45, 7) is 3.02. The topological polar surface area (TPSA) is 194 Å². The van der Waals surface area contributed by atoms with Crippen molar-refractivity contribution >= 4 is 52.9 Å². The first-order valence-electron chi connectivity index (χ1n) is 13.2. The Morgan fingerprint density at radius 3 is 2.11 bits per heavy atom. The van der Waals surface area contributed by atoms with Gasteiger partial charge in [-0.15, -0.1) is 0 Å². The second kappa shape index (κ2) is 18.2. The van der Waals surface area contributed by atoms with Crippen LogP contribution in [0.5, 0.6) is 0 Å². The Labute approximate surface area is 268 Å². The summed E-state index contributed by atoms with van der Waals surface area (Å²) in [5.74, 6) is -3.17. The number of nitrogens with one attached hydrogen (secondary N) is 2. The van der Waals surface area contributed by atoms with E-state index in [2.05, 4.69) is 10.6 Å². The van der Waals surface area contributed by atoms with Crippen LogP contribution >= 0.6 is 23.4 Å². The minimum Gasteiger partial charge on any atom is -0.478 e. The molecule has 15 heteroatoms. The number of thioether (sulfide) groups is 1. The van der Waals surface area contributed by atoms with Crippen molar-refractivity contribution in [1.29, 1.82) is 0 Å². The minimum atomic E-state index is -1.26. The van der Waals surface area contributed by atoms with Crippen LogP contribution in [0.3, 0.4) is 0 Å². The Morgan fingerprint density at radius 2 is 1.58 bits per heavy atom. The lowest BCUT2D eigenvalue weighted by Gasteiger charge is -2.31. The number of hydrogen-bond acceptors (Lipinski definition) is 11. The highest BCUT2D eigenvalue weighted by Gasteiger charge is 2.39. The lowest BCUT2D eigenvalue weighted by molar-refractivity contribution is -0.384. The number of rotatable bonds is 13. The predicted molar refractivity (Wildman–Crippen MR) is 168 cm³/mol. The fourth-order valence-corrected chi connectivity index (χ4v) is 5.30. The number of nitro benzene ring substituents is 1. The van der Waals surface area contributed by atoms with Crippen molar-refractivity contribution in [3.8, 4) is 0 Å². The number of allylic oxidation sites excluding steroid dienone is 1. The third kappa shape index (κ3) is 11.1. The van der Waals surface area contributed by atoms with Crippen molar-refractivity contribution in [3.63, 3.8) is 0 Å². The van der Waals surface area contributed by atoms with Crippen LogP contribution < -0.4 is 10.6 Å². The van der Waals surface area contributed by atoms with Crippen LogP contribution in [0.25, 0.3) is 0 Å². The fraction of sp³-hybridized carbons (Fsp3) is 0.267. The number of carbonyl (C=O) groups is 4. The molecular weight excluding hydrogens is 630 g/mol. The monoisotopic (exact) mass is 661 g/mol. The van der Waals surface area contributed by atoms with Gasteiger partial charge in [0, 0.05) is 65.3 Å². The first-order chi connectivity index (χ1) is 21.4. The van der Waals surface area contributed by atoms with E-state index >= 15 is 0 Å². The van der Waals surface area contributed by atoms with Crippen molar-refractivity contribution < 1.29 is 43.8 Å². The number of nitrogens with zero attached hydrogens (tertiary/aromatic N) is 1. The third-order valence-electron chi connectivity index (χ3n) is 6.19. The molecule has 13 nitrogen and oxygen atoms in total. The van der Waals surface area contributed by atoms with E-state index in [1.807, 2.05) is 0 Å². The number of esters is 2. The maximum Gasteiger partial charge on any atom is 0.336 e. The molecular formula is C30H32ClN3O10S. The fourth-order valence-electron chi connectivity index (χ4n) is 4.19. The number of nitro groups is 1. The number of benzene rings is 2. The van der Waals surface area contributed by atoms with Crippen LogP contribution in [0.15, 0.2) is 83.2 Å². The van der Waals surface area contributed by atoms with E-state index in [0.29, 0.717) is 64.1 Å². The van der Waals surface area contributed by atoms with Gasteiger partial charge >= 0.3 is 23.9 Å². The minimum absolute atomic E-state index is 0.0590. The van der Waals surface area contributed by atoms with E-state index in [1.54, 1.807) is 55.1 Å². The maximum atomic E-state index is 13.0. The molecule has 4 N–H and O–H groups in total. The Hall–Kier alpha value is -4.66. The van der Waals surface area contributed by atoms with Gasteiger partial charge in [-0.25, -0.2) is 19.2 Å². The zero-order valence-electron chi connectivity index (χ0n) is 24.6. The molecule has 0 bridgehead atoms. The first kappa shape index (κ1) is 36.5. The number of carbonyl (C=O) groups excluding carboxylic acids is 2. The van der Waals surface area contributed by atoms with Gasteiger partial charge in [0.15, 0.2) is 0 Å². The van der Waals surface area contributed by atoms with Crippen LogP contribution in [0, 0.1) is 10.1 Å². The van der Waals surface area contributed by atoms with Gasteiger partial charge < -0.3 is 30.3 Å². The van der Waals surface area contributed by atoms with Gasteiger partial charge in [0.25, 0.3) is 5.69 Å². The number of dihydropyridines is 1. The van der Waals surface area contributed by atoms with Gasteiger partial charge in [-0.05, 0) is 24.1 Å². The highest BCUT2D eigenvalue weighted by atomic mass is 35.5. The second-order valence-electron chi connectivity index (χ2n) is 9.16. The van der Waals surface area contributed by atoms with Crippen LogP contribution in [0.1, 0.15) is 24.0 Å². The largest absolute Gasteiger partial charge is 0.478 e. The lowest BCUT2D eigenvalue weighted by atomic mass is 9.80. The second-order valence-corrected chi connectivity index (χ2v) is 10.7. The van der Waals surface area contributed by atoms with Gasteiger partial charge in [0.05, 0.1) is 36.2 Å². The van der Waals surface area contributed by atoms with Crippen molar-refractivity contribution in [2.24, 2.45) is 0 Å². The molecule has 240 valence electrons. The molecule has 0 fully saturated rings. The number of carboxylic acids is 2. The van der Waals surface area contributed by atoms with Gasteiger partial charge in [-0.2, -0.15) is 11.8 Å². The Bertz CT molecular complexity index is 1490. The number of hydrogen-bond donors (Lipinski definition) is 4. The number of methoxy groups -OCH3 is 2. The average molecular weight is 662 g/mol. The molecule has 3 rings (SSSR count). The molecule has 0 radical (unpaired) electrons. The van der Waals surface area contributed by atoms with Crippen LogP contribution in [-0.4, -0.2) is 71.3 Å². The zero-order valence-corrected chi connectivity index (χ0v) is 26.1. The molecule has 0 amide bonds. The summed E-state index contributed by atoms with van der Waals surface area (Å²) in [4.78, 5) is 55.2. The van der Waals surface area contributed by atoms with Gasteiger partial charge in [-0.3, -0.25) is 10.1 Å². The molecule has 1 aliphatic rings. The molecule has 2 aromatic carbocycles. The number of halogens is 1. The highest BCUT2D eigenvalue weighted by Crippen LogP contribution is 2.42. The molecule has 1 atom stereocenters. The highest BCUT2D eigenvalue weighted by molar-refractivity contribution is 7.99. The van der Waals surface area contributed by atoms with E-state index in [4.69, 9.17) is 31.3 Å². The van der Waals surface area contributed by atoms with E-state index < -0.39 is 34.7 Å². The molecule has 1 aliphatic heterocycles. The van der Waals surface area contributed by atoms with E-state index in [0.717, 1.165) is 11.3 Å². The van der Waals surface area contributed by atoms with Crippen molar-refractivity contribution in [2.45, 2.75) is 19.4 Å². The smallest absolute Gasteiger partial charge is 0.336 e. The summed E-state index contributed by atoms with van der Waals surface area (Å²) in [6.07, 6.45) is 1.12. The van der Waals surface area contributed by atoms with E-state index in [1.165, 1.54) is 26.4 Å². The standard InChI is InChI=1S/C26H28ClN3O6S.C4H4O4/c1-16-22(25(31)35-2)23(19-6-4-5-7-20(19)27)24(26(32)36-3)21(29-16)15-37-13-12-28-14-17-8-10-18(11-9-17)30(33)34;5-3(6)1-2-4(7)8/h4-11,23,28-29H,12-15H2,1-3H3;1-2H,(H,5,6)(H,7,8). The zero-order chi connectivity index (χ0) is 33.5. The quantitative estimate of drug-likeness (QED) is 0.0790. The van der Waals surface area contributed by atoms with Crippen molar-refractivity contribution in [3.05, 3.63) is 109 Å². The third-order valence-corrected chi connectivity index (χ3v) is 7.52. The van der Waals surface area contributed by atoms with Crippen molar-refractivity contribution in [1.82, 2.24) is 10.6 Å². The van der Waals surface area contributed by atoms with Crippen LogP contribution in [0.4, 0.5) is 5.69 Å². The molecule has 1 heterocycles. The molecule has 45 heavy (non-hydrogen) atoms. The van der Waals surface area contributed by atoms with E-state index in [-0.39, 0.29) is 5.69 Å². The molecule has 2 aromatic rings. The van der Waals surface area contributed by atoms with Gasteiger partial charge in [0.2, 0.25) is 0 Å². The number of ether oxygens (including phenoxy) is 2. The number of non-ortho nitro benzene ring substituents is 1. The lowest BCUT2D eigenvalue weighted by Crippen LogP contribution is -2.34. The number of aliphatic carboxylic acids is 2. The van der Waals surface area contributed by atoms with Gasteiger partial charge in [-0.1, -0.05) is 41.9 Å². The van der Waals surface area contributed by atoms with Crippen molar-refractivity contribution in [2.75, 3.05) is 32.3 Å². The summed E-state index contributed by atoms with van der Waals surface area (Å²) in [5.41, 5.74) is 3.45. The summed E-state index contributed by atoms with van der Waals surface area (Å²) in [7, 11) is 2.59.